The highest BCUT2D eigenvalue weighted by Crippen LogP contribution is 2.22. The molecule has 0 aliphatic carbocycles. The third-order valence-corrected chi connectivity index (χ3v) is 3.27. The molecule has 0 bridgehead atoms. The van der Waals surface area contributed by atoms with E-state index in [9.17, 15) is 9.18 Å². The van der Waals surface area contributed by atoms with Crippen LogP contribution in [0, 0.1) is 19.7 Å². The summed E-state index contributed by atoms with van der Waals surface area (Å²) < 4.78 is 14.5. The number of ketones is 1. The van der Waals surface area contributed by atoms with Crippen LogP contribution in [0.4, 0.5) is 4.39 Å². The number of nitrogens with zero attached hydrogens (tertiary/aromatic N) is 1. The quantitative estimate of drug-likeness (QED) is 0.789. The van der Waals surface area contributed by atoms with E-state index in [-0.39, 0.29) is 11.3 Å². The largest absolute Gasteiger partial charge is 0.287 e. The molecule has 1 aromatic heterocycles. The Kier molecular flexibility index (Phi) is 3.57. The predicted octanol–water partition coefficient (Wildman–Crippen LogP) is 3.83. The van der Waals surface area contributed by atoms with E-state index < -0.39 is 11.6 Å². The van der Waals surface area contributed by atoms with Crippen LogP contribution < -0.4 is 0 Å². The lowest BCUT2D eigenvalue weighted by Crippen LogP contribution is -2.10. The molecule has 0 radical (unpaired) electrons. The van der Waals surface area contributed by atoms with Gasteiger partial charge in [0.1, 0.15) is 11.5 Å². The maximum atomic E-state index is 13.9. The van der Waals surface area contributed by atoms with Gasteiger partial charge in [0.15, 0.2) is 0 Å². The van der Waals surface area contributed by atoms with Gasteiger partial charge in [-0.05, 0) is 59.1 Å². The van der Waals surface area contributed by atoms with Gasteiger partial charge in [0.25, 0.3) is 0 Å². The molecule has 2 aromatic rings. The number of carbonyl (C=O) groups is 1. The van der Waals surface area contributed by atoms with Gasteiger partial charge in [-0.1, -0.05) is 6.07 Å². The van der Waals surface area contributed by atoms with Crippen molar-refractivity contribution >= 4 is 21.7 Å². The minimum Gasteiger partial charge on any atom is -0.287 e. The first-order valence-electron chi connectivity index (χ1n) is 5.42. The number of pyridine rings is 1. The monoisotopic (exact) mass is 307 g/mol. The number of halogens is 2. The Labute approximate surface area is 113 Å². The number of aromatic nitrogens is 1. The van der Waals surface area contributed by atoms with E-state index >= 15 is 0 Å². The molecule has 0 aliphatic rings. The zero-order chi connectivity index (χ0) is 13.3. The van der Waals surface area contributed by atoms with Gasteiger partial charge in [-0.25, -0.2) is 4.39 Å². The molecule has 2 rings (SSSR count). The second-order valence-electron chi connectivity index (χ2n) is 4.10. The van der Waals surface area contributed by atoms with E-state index in [2.05, 4.69) is 20.9 Å². The van der Waals surface area contributed by atoms with Gasteiger partial charge < -0.3 is 0 Å². The lowest BCUT2D eigenvalue weighted by Gasteiger charge is -2.08. The van der Waals surface area contributed by atoms with Crippen molar-refractivity contribution < 1.29 is 9.18 Å². The number of rotatable bonds is 2. The van der Waals surface area contributed by atoms with Crippen LogP contribution in [-0.4, -0.2) is 10.8 Å². The summed E-state index contributed by atoms with van der Waals surface area (Å²) in [6.07, 6.45) is 1.51. The van der Waals surface area contributed by atoms with E-state index in [0.717, 1.165) is 5.56 Å². The molecule has 0 unspecified atom stereocenters. The number of aryl methyl sites for hydroxylation is 2. The zero-order valence-corrected chi connectivity index (χ0v) is 11.6. The van der Waals surface area contributed by atoms with Crippen LogP contribution in [-0.2, 0) is 0 Å². The number of carbonyl (C=O) groups excluding carboxylic acids is 1. The SMILES string of the molecule is Cc1cc(C)c(C(=O)c2ncccc2Br)c(F)c1. The highest BCUT2D eigenvalue weighted by molar-refractivity contribution is 9.10. The minimum absolute atomic E-state index is 0.0833. The molecule has 0 fully saturated rings. The standard InChI is InChI=1S/C14H11BrFNO/c1-8-6-9(2)12(11(16)7-8)14(18)13-10(15)4-3-5-17-13/h3-7H,1-2H3. The van der Waals surface area contributed by atoms with E-state index in [0.29, 0.717) is 10.0 Å². The summed E-state index contributed by atoms with van der Waals surface area (Å²) in [7, 11) is 0. The first kappa shape index (κ1) is 12.9. The Hall–Kier alpha value is -1.55. The second kappa shape index (κ2) is 4.98. The van der Waals surface area contributed by atoms with Crippen LogP contribution in [0.5, 0.6) is 0 Å². The Balaban J connectivity index is 2.57. The van der Waals surface area contributed by atoms with Gasteiger partial charge in [-0.15, -0.1) is 0 Å². The van der Waals surface area contributed by atoms with Crippen LogP contribution in [0.2, 0.25) is 0 Å². The molecule has 1 heterocycles. The van der Waals surface area contributed by atoms with Crippen LogP contribution in [0.1, 0.15) is 27.2 Å². The third-order valence-electron chi connectivity index (χ3n) is 2.63. The summed E-state index contributed by atoms with van der Waals surface area (Å²) in [6, 6.07) is 6.56. The van der Waals surface area contributed by atoms with Crippen molar-refractivity contribution in [3.63, 3.8) is 0 Å². The van der Waals surface area contributed by atoms with Crippen molar-refractivity contribution in [1.82, 2.24) is 4.98 Å². The predicted molar refractivity (Wildman–Crippen MR) is 71.2 cm³/mol. The molecule has 2 nitrogen and oxygen atoms in total. The van der Waals surface area contributed by atoms with Crippen LogP contribution in [0.25, 0.3) is 0 Å². The molecule has 0 amide bonds. The fraction of sp³-hybridized carbons (Fsp3) is 0.143. The van der Waals surface area contributed by atoms with Crippen LogP contribution in [0.15, 0.2) is 34.9 Å². The van der Waals surface area contributed by atoms with E-state index in [1.807, 2.05) is 0 Å². The fourth-order valence-corrected chi connectivity index (χ4v) is 2.31. The van der Waals surface area contributed by atoms with E-state index in [1.54, 1.807) is 32.0 Å². The molecule has 0 atom stereocenters. The highest BCUT2D eigenvalue weighted by atomic mass is 79.9. The smallest absolute Gasteiger partial charge is 0.215 e. The highest BCUT2D eigenvalue weighted by Gasteiger charge is 2.20. The van der Waals surface area contributed by atoms with Gasteiger partial charge >= 0.3 is 0 Å². The minimum atomic E-state index is -0.505. The molecule has 1 aromatic carbocycles. The Morgan fingerprint density at radius 1 is 1.33 bits per heavy atom. The summed E-state index contributed by atoms with van der Waals surface area (Å²) >= 11 is 3.25. The van der Waals surface area contributed by atoms with Crippen molar-refractivity contribution in [1.29, 1.82) is 0 Å². The first-order chi connectivity index (χ1) is 8.50. The molecular weight excluding hydrogens is 297 g/mol. The van der Waals surface area contributed by atoms with Gasteiger partial charge in [-0.2, -0.15) is 0 Å². The molecule has 0 saturated heterocycles. The summed E-state index contributed by atoms with van der Waals surface area (Å²) in [6.45, 7) is 3.52. The topological polar surface area (TPSA) is 30.0 Å². The Morgan fingerprint density at radius 2 is 2.06 bits per heavy atom. The number of hydrogen-bond acceptors (Lipinski definition) is 2. The lowest BCUT2D eigenvalue weighted by molar-refractivity contribution is 0.102. The summed E-state index contributed by atoms with van der Waals surface area (Å²) in [5.74, 6) is -0.910. The average Bonchev–Trinajstić information content (AvgIpc) is 2.27. The van der Waals surface area contributed by atoms with Crippen molar-refractivity contribution in [2.45, 2.75) is 13.8 Å². The molecular formula is C14H11BrFNO. The van der Waals surface area contributed by atoms with Crippen LogP contribution in [0.3, 0.4) is 0 Å². The van der Waals surface area contributed by atoms with Crippen LogP contribution >= 0.6 is 15.9 Å². The molecule has 18 heavy (non-hydrogen) atoms. The van der Waals surface area contributed by atoms with Crippen molar-refractivity contribution in [2.24, 2.45) is 0 Å². The van der Waals surface area contributed by atoms with Gasteiger partial charge in [0, 0.05) is 10.7 Å². The molecule has 4 heteroatoms. The molecule has 0 spiro atoms. The second-order valence-corrected chi connectivity index (χ2v) is 4.96. The number of hydrogen-bond donors (Lipinski definition) is 0. The Bertz CT molecular complexity index is 602. The number of benzene rings is 1. The molecule has 0 saturated carbocycles. The normalized spacial score (nSPS) is 10.4. The van der Waals surface area contributed by atoms with Crippen molar-refractivity contribution in [3.05, 3.63) is 63.1 Å². The summed E-state index contributed by atoms with van der Waals surface area (Å²) in [5.41, 5.74) is 1.72. The summed E-state index contributed by atoms with van der Waals surface area (Å²) in [5, 5.41) is 0. The van der Waals surface area contributed by atoms with Gasteiger partial charge in [-0.3, -0.25) is 9.78 Å². The molecule has 0 N–H and O–H groups in total. The van der Waals surface area contributed by atoms with E-state index in [1.165, 1.54) is 12.3 Å². The lowest BCUT2D eigenvalue weighted by atomic mass is 9.99. The van der Waals surface area contributed by atoms with Gasteiger partial charge in [0.05, 0.1) is 5.56 Å². The van der Waals surface area contributed by atoms with Gasteiger partial charge in [0.2, 0.25) is 5.78 Å². The zero-order valence-electron chi connectivity index (χ0n) is 10.00. The molecule has 92 valence electrons. The van der Waals surface area contributed by atoms with E-state index in [4.69, 9.17) is 0 Å². The first-order valence-corrected chi connectivity index (χ1v) is 6.22. The maximum Gasteiger partial charge on any atom is 0.215 e. The third kappa shape index (κ3) is 2.34. The fourth-order valence-electron chi connectivity index (χ4n) is 1.87. The average molecular weight is 308 g/mol. The summed E-state index contributed by atoms with van der Waals surface area (Å²) in [4.78, 5) is 16.3. The van der Waals surface area contributed by atoms with Crippen molar-refractivity contribution in [3.8, 4) is 0 Å². The van der Waals surface area contributed by atoms with Crippen molar-refractivity contribution in [2.75, 3.05) is 0 Å². The maximum absolute atomic E-state index is 13.9. The molecule has 0 aliphatic heterocycles. The Morgan fingerprint density at radius 3 is 2.67 bits per heavy atom.